The van der Waals surface area contributed by atoms with Gasteiger partial charge < -0.3 is 34.0 Å². The third kappa shape index (κ3) is 4.68. The van der Waals surface area contributed by atoms with E-state index in [1.54, 1.807) is 0 Å². The number of benzene rings is 3. The molecule has 11 heteroatoms. The van der Waals surface area contributed by atoms with Crippen LogP contribution in [0.5, 0.6) is 5.75 Å². The maximum atomic E-state index is 14.0. The number of nitrogens with zero attached hydrogens (tertiary/aromatic N) is 2. The Hall–Kier alpha value is -4.53. The summed E-state index contributed by atoms with van der Waals surface area (Å²) in [6, 6.07) is 13.4. The largest absolute Gasteiger partial charge is 0.494 e. The van der Waals surface area contributed by atoms with Gasteiger partial charge in [0.15, 0.2) is 0 Å². The van der Waals surface area contributed by atoms with Crippen LogP contribution in [0.4, 0.5) is 4.79 Å². The Morgan fingerprint density at radius 1 is 1.06 bits per heavy atom. The Balaban J connectivity index is 1.12. The quantitative estimate of drug-likeness (QED) is 0.226. The molecule has 8 rings (SSSR count). The van der Waals surface area contributed by atoms with Crippen LogP contribution in [0, 0.1) is 23.7 Å². The van der Waals surface area contributed by atoms with Gasteiger partial charge in [-0.3, -0.25) is 4.79 Å². The minimum atomic E-state index is -0.745. The van der Waals surface area contributed by atoms with Gasteiger partial charge in [-0.2, -0.15) is 0 Å². The molecule has 246 valence electrons. The summed E-state index contributed by atoms with van der Waals surface area (Å²) >= 11 is 0. The number of nitrogens with one attached hydrogen (secondary N) is 2. The van der Waals surface area contributed by atoms with Gasteiger partial charge in [0.2, 0.25) is 5.91 Å². The second kappa shape index (κ2) is 10.7. The van der Waals surface area contributed by atoms with E-state index in [1.165, 1.54) is 7.11 Å². The highest BCUT2D eigenvalue weighted by Gasteiger charge is 2.52. The summed E-state index contributed by atoms with van der Waals surface area (Å²) in [6.07, 6.45) is 0.0377. The summed E-state index contributed by atoms with van der Waals surface area (Å²) in [5, 5.41) is 4.73. The molecule has 4 aliphatic rings. The third-order valence-electron chi connectivity index (χ3n) is 10.8. The van der Waals surface area contributed by atoms with Crippen LogP contribution in [0.3, 0.4) is 0 Å². The first kappa shape index (κ1) is 30.8. The molecule has 2 saturated heterocycles. The first-order valence-corrected chi connectivity index (χ1v) is 16.6. The van der Waals surface area contributed by atoms with E-state index in [4.69, 9.17) is 23.8 Å². The third-order valence-corrected chi connectivity index (χ3v) is 10.8. The predicted octanol–water partition coefficient (Wildman–Crippen LogP) is 5.23. The van der Waals surface area contributed by atoms with Crippen molar-refractivity contribution >= 4 is 46.4 Å². The van der Waals surface area contributed by atoms with Gasteiger partial charge in [0.1, 0.15) is 30.3 Å². The molecule has 4 heterocycles. The molecule has 10 nitrogen and oxygen atoms in total. The number of fused-ring (bicyclic) bond motifs is 7. The first-order valence-electron chi connectivity index (χ1n) is 16.6. The number of likely N-dealkylation sites (tertiary alicyclic amines) is 1. The van der Waals surface area contributed by atoms with Crippen molar-refractivity contribution in [1.29, 1.82) is 0 Å². The van der Waals surface area contributed by atoms with Gasteiger partial charge >= 0.3 is 13.2 Å². The average Bonchev–Trinajstić information content (AvgIpc) is 3.66. The molecule has 2 amide bonds. The summed E-state index contributed by atoms with van der Waals surface area (Å²) in [5.41, 5.74) is 5.08. The highest BCUT2D eigenvalue weighted by atomic mass is 16.7. The van der Waals surface area contributed by atoms with Gasteiger partial charge in [0.05, 0.1) is 41.3 Å². The number of H-pyrrole nitrogens is 1. The van der Waals surface area contributed by atoms with E-state index in [0.29, 0.717) is 18.9 Å². The van der Waals surface area contributed by atoms with Crippen LogP contribution in [-0.4, -0.2) is 64.4 Å². The van der Waals surface area contributed by atoms with E-state index < -0.39 is 30.5 Å². The fraction of sp³-hybridized carbons (Fsp3) is 0.432. The molecule has 4 aromatic rings. The lowest BCUT2D eigenvalue weighted by Crippen LogP contribution is -2.54. The van der Waals surface area contributed by atoms with Gasteiger partial charge in [-0.15, -0.1) is 0 Å². The summed E-state index contributed by atoms with van der Waals surface area (Å²) in [7, 11) is 0.857. The van der Waals surface area contributed by atoms with E-state index in [0.717, 1.165) is 49.7 Å². The van der Waals surface area contributed by atoms with Crippen molar-refractivity contribution in [3.8, 4) is 28.7 Å². The van der Waals surface area contributed by atoms with E-state index in [-0.39, 0.29) is 29.8 Å². The SMILES string of the molecule is COC(=O)NC(C(=O)N1C(c2nc3c(ccc4cc5c(cc43)OCc3cc(B4OC(C)(C)C(C)(C)O4)ccc3-5)[nH]2)CC2C#CC21)C(C)C. The van der Waals surface area contributed by atoms with Crippen molar-refractivity contribution in [2.45, 2.75) is 83.9 Å². The van der Waals surface area contributed by atoms with Gasteiger partial charge in [-0.25, -0.2) is 9.78 Å². The lowest BCUT2D eigenvalue weighted by molar-refractivity contribution is -0.137. The van der Waals surface area contributed by atoms with E-state index >= 15 is 0 Å². The molecule has 4 unspecified atom stereocenters. The second-order valence-electron chi connectivity index (χ2n) is 14.6. The molecule has 0 radical (unpaired) electrons. The Bertz CT molecular complexity index is 2060. The molecule has 3 aliphatic heterocycles. The fourth-order valence-electron chi connectivity index (χ4n) is 7.28. The molecule has 1 aliphatic carbocycles. The predicted molar refractivity (Wildman–Crippen MR) is 183 cm³/mol. The molecule has 48 heavy (non-hydrogen) atoms. The molecular weight excluding hydrogens is 607 g/mol. The Morgan fingerprint density at radius 2 is 1.83 bits per heavy atom. The molecule has 0 bridgehead atoms. The zero-order valence-corrected chi connectivity index (χ0v) is 28.3. The van der Waals surface area contributed by atoms with Gasteiger partial charge in [0.25, 0.3) is 0 Å². The summed E-state index contributed by atoms with van der Waals surface area (Å²) in [6.45, 7) is 12.5. The number of aromatic nitrogens is 2. The summed E-state index contributed by atoms with van der Waals surface area (Å²) in [5.74, 6) is 7.63. The first-order chi connectivity index (χ1) is 22.8. The van der Waals surface area contributed by atoms with Crippen LogP contribution in [0.2, 0.25) is 0 Å². The van der Waals surface area contributed by atoms with Crippen LogP contribution < -0.4 is 15.5 Å². The second-order valence-corrected chi connectivity index (χ2v) is 14.6. The number of rotatable bonds is 5. The van der Waals surface area contributed by atoms with Crippen molar-refractivity contribution < 1.29 is 28.4 Å². The number of hydrogen-bond acceptors (Lipinski definition) is 7. The molecule has 3 aromatic carbocycles. The standard InChI is InChI=1S/C37H39BN4O6/c1-19(2)31(41-35(44)45-7)34(43)42-28-13-9-21(28)16-29(42)33-39-27-12-8-20-15-26-24-11-10-23(38-47-36(3,4)37(5,6)48-38)14-22(24)18-46-30(26)17-25(20)32(27)40-33/h8,10-12,14-15,17,19,21,28-29,31H,16,18H2,1-7H3,(H,39,40)(H,41,44). The Kier molecular flexibility index (Phi) is 6.89. The van der Waals surface area contributed by atoms with Gasteiger partial charge in [-0.1, -0.05) is 50.0 Å². The molecule has 1 aromatic heterocycles. The summed E-state index contributed by atoms with van der Waals surface area (Å²) in [4.78, 5) is 36.5. The lowest BCUT2D eigenvalue weighted by Gasteiger charge is -2.33. The van der Waals surface area contributed by atoms with Crippen molar-refractivity contribution in [1.82, 2.24) is 20.2 Å². The number of carbonyl (C=O) groups excluding carboxylic acids is 2. The van der Waals surface area contributed by atoms with E-state index in [2.05, 4.69) is 86.2 Å². The molecule has 4 atom stereocenters. The van der Waals surface area contributed by atoms with Crippen molar-refractivity contribution in [3.05, 3.63) is 53.9 Å². The number of carbonyl (C=O) groups is 2. The van der Waals surface area contributed by atoms with Crippen molar-refractivity contribution in [2.24, 2.45) is 11.8 Å². The van der Waals surface area contributed by atoms with Crippen LogP contribution in [0.15, 0.2) is 42.5 Å². The van der Waals surface area contributed by atoms with E-state index in [9.17, 15) is 9.59 Å². The topological polar surface area (TPSA) is 115 Å². The molecule has 0 saturated carbocycles. The van der Waals surface area contributed by atoms with E-state index in [1.807, 2.05) is 24.8 Å². The summed E-state index contributed by atoms with van der Waals surface area (Å²) < 4.78 is 23.8. The van der Waals surface area contributed by atoms with Crippen LogP contribution in [0.1, 0.15) is 65.4 Å². The number of imidazole rings is 1. The maximum Gasteiger partial charge on any atom is 0.494 e. The maximum absolute atomic E-state index is 14.0. The zero-order valence-electron chi connectivity index (χ0n) is 28.3. The monoisotopic (exact) mass is 646 g/mol. The fourth-order valence-corrected chi connectivity index (χ4v) is 7.28. The van der Waals surface area contributed by atoms with Crippen LogP contribution in [-0.2, 0) is 25.4 Å². The lowest BCUT2D eigenvalue weighted by atomic mass is 9.77. The molecule has 2 fully saturated rings. The minimum Gasteiger partial charge on any atom is -0.488 e. The van der Waals surface area contributed by atoms with Gasteiger partial charge in [-0.05, 0) is 80.2 Å². The zero-order chi connectivity index (χ0) is 33.7. The number of alkyl carbamates (subject to hydrolysis) is 1. The normalized spacial score (nSPS) is 23.5. The Morgan fingerprint density at radius 3 is 2.52 bits per heavy atom. The highest BCUT2D eigenvalue weighted by molar-refractivity contribution is 6.62. The van der Waals surface area contributed by atoms with Crippen molar-refractivity contribution in [2.75, 3.05) is 7.11 Å². The highest BCUT2D eigenvalue weighted by Crippen LogP contribution is 2.45. The number of hydrogen-bond donors (Lipinski definition) is 2. The molecule has 0 spiro atoms. The molecular formula is C37H39BN4O6. The molecule has 2 N–H and O–H groups in total. The number of methoxy groups -OCH3 is 1. The van der Waals surface area contributed by atoms with Gasteiger partial charge in [0, 0.05) is 10.9 Å². The smallest absolute Gasteiger partial charge is 0.488 e. The number of ether oxygens (including phenoxy) is 2. The Labute approximate surface area is 280 Å². The van der Waals surface area contributed by atoms with Crippen molar-refractivity contribution in [3.63, 3.8) is 0 Å². The van der Waals surface area contributed by atoms with Crippen LogP contribution in [0.25, 0.3) is 32.9 Å². The number of amides is 2. The average molecular weight is 647 g/mol. The van der Waals surface area contributed by atoms with Crippen LogP contribution >= 0.6 is 0 Å². The number of aromatic amines is 1. The minimum absolute atomic E-state index is 0.0700.